The van der Waals surface area contributed by atoms with Gasteiger partial charge in [-0.3, -0.25) is 4.79 Å². The Bertz CT molecular complexity index is 801. The molecule has 1 saturated heterocycles. The van der Waals surface area contributed by atoms with Gasteiger partial charge in [0.2, 0.25) is 5.91 Å². The van der Waals surface area contributed by atoms with E-state index in [1.54, 1.807) is 19.1 Å². The Balaban J connectivity index is 1.27. The number of piperidine rings is 1. The van der Waals surface area contributed by atoms with Crippen LogP contribution < -0.4 is 4.74 Å². The zero-order chi connectivity index (χ0) is 21.5. The summed E-state index contributed by atoms with van der Waals surface area (Å²) in [6.45, 7) is 3.75. The summed E-state index contributed by atoms with van der Waals surface area (Å²) in [5.74, 6) is 1.86. The fourth-order valence-corrected chi connectivity index (χ4v) is 5.88. The van der Waals surface area contributed by atoms with Crippen molar-refractivity contribution in [3.8, 4) is 5.75 Å². The average molecular weight is 415 g/mol. The molecule has 0 aromatic heterocycles. The molecule has 2 amide bonds. The van der Waals surface area contributed by atoms with Gasteiger partial charge in [-0.05, 0) is 68.4 Å². The minimum atomic E-state index is -0.335. The SMILES string of the molecule is COC(=O)N(C)[C@]1(C)C[C@H](C(=O)N2CCC3(CC2)CC(c2ccccc2OC)C3)C1. The van der Waals surface area contributed by atoms with Gasteiger partial charge in [0.25, 0.3) is 0 Å². The van der Waals surface area contributed by atoms with Crippen molar-refractivity contribution in [3.63, 3.8) is 0 Å². The smallest absolute Gasteiger partial charge is 0.409 e. The van der Waals surface area contributed by atoms with Gasteiger partial charge in [0, 0.05) is 31.6 Å². The Kier molecular flexibility index (Phi) is 5.45. The lowest BCUT2D eigenvalue weighted by Crippen LogP contribution is -2.60. The molecular weight excluding hydrogens is 380 g/mol. The summed E-state index contributed by atoms with van der Waals surface area (Å²) in [6.07, 6.45) is 5.68. The topological polar surface area (TPSA) is 59.1 Å². The highest BCUT2D eigenvalue weighted by Gasteiger charge is 2.51. The summed E-state index contributed by atoms with van der Waals surface area (Å²) in [6, 6.07) is 8.35. The maximum absolute atomic E-state index is 13.0. The van der Waals surface area contributed by atoms with Crippen LogP contribution in [0.15, 0.2) is 24.3 Å². The van der Waals surface area contributed by atoms with Gasteiger partial charge >= 0.3 is 6.09 Å². The normalized spacial score (nSPS) is 27.7. The van der Waals surface area contributed by atoms with Crippen LogP contribution in [0.2, 0.25) is 0 Å². The summed E-state index contributed by atoms with van der Waals surface area (Å²) in [7, 11) is 4.89. The molecule has 164 valence electrons. The molecule has 0 unspecified atom stereocenters. The van der Waals surface area contributed by atoms with E-state index in [0.29, 0.717) is 11.3 Å². The van der Waals surface area contributed by atoms with Crippen LogP contribution in [0.4, 0.5) is 4.79 Å². The molecule has 0 N–H and O–H groups in total. The summed E-state index contributed by atoms with van der Waals surface area (Å²) in [5.41, 5.74) is 1.44. The van der Waals surface area contributed by atoms with Gasteiger partial charge in [-0.1, -0.05) is 18.2 Å². The molecule has 3 fully saturated rings. The maximum atomic E-state index is 13.0. The van der Waals surface area contributed by atoms with Crippen molar-refractivity contribution in [2.45, 2.75) is 56.9 Å². The molecule has 0 bridgehead atoms. The number of carbonyl (C=O) groups excluding carboxylic acids is 2. The number of amides is 2. The van der Waals surface area contributed by atoms with E-state index in [1.807, 2.05) is 19.1 Å². The molecule has 4 rings (SSSR count). The molecule has 1 spiro atoms. The largest absolute Gasteiger partial charge is 0.496 e. The van der Waals surface area contributed by atoms with E-state index in [4.69, 9.17) is 9.47 Å². The van der Waals surface area contributed by atoms with Crippen molar-refractivity contribution in [3.05, 3.63) is 29.8 Å². The predicted molar refractivity (Wildman–Crippen MR) is 115 cm³/mol. The molecule has 1 aromatic rings. The summed E-state index contributed by atoms with van der Waals surface area (Å²) in [4.78, 5) is 28.5. The maximum Gasteiger partial charge on any atom is 0.409 e. The van der Waals surface area contributed by atoms with Gasteiger partial charge in [-0.2, -0.15) is 0 Å². The molecule has 6 nitrogen and oxygen atoms in total. The van der Waals surface area contributed by atoms with Gasteiger partial charge in [0.05, 0.1) is 14.2 Å². The van der Waals surface area contributed by atoms with Gasteiger partial charge < -0.3 is 19.3 Å². The van der Waals surface area contributed by atoms with E-state index in [2.05, 4.69) is 17.0 Å². The van der Waals surface area contributed by atoms with Crippen LogP contribution in [0.3, 0.4) is 0 Å². The number of nitrogens with zero attached hydrogens (tertiary/aromatic N) is 2. The quantitative estimate of drug-likeness (QED) is 0.746. The third-order valence-electron chi connectivity index (χ3n) is 8.05. The molecular formula is C24H34N2O4. The molecule has 0 radical (unpaired) electrons. The van der Waals surface area contributed by atoms with Gasteiger partial charge in [-0.15, -0.1) is 0 Å². The van der Waals surface area contributed by atoms with Gasteiger partial charge in [-0.25, -0.2) is 4.79 Å². The summed E-state index contributed by atoms with van der Waals surface area (Å²) >= 11 is 0. The van der Waals surface area contributed by atoms with Crippen molar-refractivity contribution in [1.29, 1.82) is 0 Å². The lowest BCUT2D eigenvalue weighted by Gasteiger charge is -2.54. The van der Waals surface area contributed by atoms with E-state index < -0.39 is 0 Å². The van der Waals surface area contributed by atoms with Crippen molar-refractivity contribution < 1.29 is 19.1 Å². The molecule has 3 aliphatic rings. The van der Waals surface area contributed by atoms with Crippen molar-refractivity contribution in [1.82, 2.24) is 9.80 Å². The number of methoxy groups -OCH3 is 2. The first-order valence-corrected chi connectivity index (χ1v) is 11.0. The van der Waals surface area contributed by atoms with Crippen LogP contribution in [0.25, 0.3) is 0 Å². The monoisotopic (exact) mass is 414 g/mol. The fraction of sp³-hybridized carbons (Fsp3) is 0.667. The standard InChI is InChI=1S/C24H34N2O4/c1-23(25(2)22(28)30-4)13-18(14-23)21(27)26-11-9-24(10-12-26)15-17(16-24)19-7-5-6-8-20(19)29-3/h5-8,17-18H,9-16H2,1-4H3/t18-,23+. The molecule has 1 aromatic carbocycles. The van der Waals surface area contributed by atoms with E-state index >= 15 is 0 Å². The zero-order valence-corrected chi connectivity index (χ0v) is 18.6. The van der Waals surface area contributed by atoms with Gasteiger partial charge in [0.15, 0.2) is 0 Å². The minimum Gasteiger partial charge on any atom is -0.496 e. The second kappa shape index (κ2) is 7.78. The number of rotatable bonds is 4. The first kappa shape index (κ1) is 21.0. The van der Waals surface area contributed by atoms with Crippen molar-refractivity contribution in [2.24, 2.45) is 11.3 Å². The summed E-state index contributed by atoms with van der Waals surface area (Å²) < 4.78 is 10.4. The molecule has 1 aliphatic heterocycles. The number of ether oxygens (including phenoxy) is 2. The highest BCUT2D eigenvalue weighted by molar-refractivity contribution is 5.81. The van der Waals surface area contributed by atoms with Crippen LogP contribution in [-0.2, 0) is 9.53 Å². The van der Waals surface area contributed by atoms with Gasteiger partial charge in [0.1, 0.15) is 5.75 Å². The number of likely N-dealkylation sites (tertiary alicyclic amines) is 1. The Morgan fingerprint density at radius 2 is 1.70 bits per heavy atom. The zero-order valence-electron chi connectivity index (χ0n) is 18.6. The summed E-state index contributed by atoms with van der Waals surface area (Å²) in [5, 5.41) is 0. The molecule has 0 atom stereocenters. The third-order valence-corrected chi connectivity index (χ3v) is 8.05. The Hall–Kier alpha value is -2.24. The predicted octanol–water partition coefficient (Wildman–Crippen LogP) is 4.05. The highest BCUT2D eigenvalue weighted by atomic mass is 16.5. The lowest BCUT2D eigenvalue weighted by atomic mass is 9.56. The number of benzene rings is 1. The molecule has 30 heavy (non-hydrogen) atoms. The van der Waals surface area contributed by atoms with E-state index in [1.165, 1.54) is 25.5 Å². The van der Waals surface area contributed by atoms with Crippen LogP contribution in [0.1, 0.15) is 56.9 Å². The molecule has 6 heteroatoms. The van der Waals surface area contributed by atoms with Crippen LogP contribution in [0, 0.1) is 11.3 Å². The van der Waals surface area contributed by atoms with E-state index in [0.717, 1.165) is 44.5 Å². The van der Waals surface area contributed by atoms with Crippen LogP contribution in [0.5, 0.6) is 5.75 Å². The number of hydrogen-bond donors (Lipinski definition) is 0. The number of carbonyl (C=O) groups is 2. The van der Waals surface area contributed by atoms with E-state index in [9.17, 15) is 9.59 Å². The lowest BCUT2D eigenvalue weighted by molar-refractivity contribution is -0.147. The fourth-order valence-electron chi connectivity index (χ4n) is 5.88. The minimum absolute atomic E-state index is 0.0267. The van der Waals surface area contributed by atoms with Crippen LogP contribution in [-0.4, -0.2) is 61.7 Å². The second-order valence-corrected chi connectivity index (χ2v) is 9.80. The first-order chi connectivity index (χ1) is 14.3. The first-order valence-electron chi connectivity index (χ1n) is 11.0. The third kappa shape index (κ3) is 3.54. The molecule has 2 aliphatic carbocycles. The number of para-hydroxylation sites is 1. The van der Waals surface area contributed by atoms with E-state index in [-0.39, 0.29) is 23.5 Å². The second-order valence-electron chi connectivity index (χ2n) is 9.80. The highest BCUT2D eigenvalue weighted by Crippen LogP contribution is 2.58. The average Bonchev–Trinajstić information content (AvgIpc) is 2.73. The molecule has 1 heterocycles. The number of hydrogen-bond acceptors (Lipinski definition) is 4. The molecule has 2 saturated carbocycles. The Morgan fingerprint density at radius 1 is 1.07 bits per heavy atom. The van der Waals surface area contributed by atoms with Crippen molar-refractivity contribution in [2.75, 3.05) is 34.4 Å². The Labute approximate surface area is 179 Å². The Morgan fingerprint density at radius 3 is 2.30 bits per heavy atom. The van der Waals surface area contributed by atoms with Crippen LogP contribution >= 0.6 is 0 Å². The van der Waals surface area contributed by atoms with Crippen molar-refractivity contribution >= 4 is 12.0 Å².